The summed E-state index contributed by atoms with van der Waals surface area (Å²) in [6, 6.07) is 10.1. The molecule has 0 radical (unpaired) electrons. The van der Waals surface area contributed by atoms with Crippen LogP contribution in [-0.2, 0) is 4.74 Å². The number of imide groups is 1. The minimum absolute atomic E-state index is 0.281. The van der Waals surface area contributed by atoms with Crippen molar-refractivity contribution in [3.05, 3.63) is 65.0 Å². The van der Waals surface area contributed by atoms with Gasteiger partial charge < -0.3 is 14.8 Å². The fourth-order valence-corrected chi connectivity index (χ4v) is 3.85. The Hall–Kier alpha value is -3.42. The molecule has 0 saturated heterocycles. The summed E-state index contributed by atoms with van der Waals surface area (Å²) in [5.41, 5.74) is 0.691. The Labute approximate surface area is 199 Å². The van der Waals surface area contributed by atoms with Gasteiger partial charge in [0.2, 0.25) is 0 Å². The number of carbonyl (C=O) groups is 3. The minimum atomic E-state index is -0.652. The van der Waals surface area contributed by atoms with Gasteiger partial charge in [-0.3, -0.25) is 14.5 Å². The van der Waals surface area contributed by atoms with E-state index < -0.39 is 23.6 Å². The van der Waals surface area contributed by atoms with E-state index in [0.29, 0.717) is 41.9 Å². The van der Waals surface area contributed by atoms with Crippen LogP contribution in [0, 0.1) is 5.82 Å². The molecule has 2 aromatic carbocycles. The van der Waals surface area contributed by atoms with Crippen molar-refractivity contribution in [2.45, 2.75) is 65.1 Å². The zero-order chi connectivity index (χ0) is 25.0. The Bertz CT molecular complexity index is 1040. The Morgan fingerprint density at radius 2 is 1.68 bits per heavy atom. The Balaban J connectivity index is 1.57. The highest BCUT2D eigenvalue weighted by Crippen LogP contribution is 2.28. The maximum atomic E-state index is 13.9. The molecule has 3 amide bonds. The highest BCUT2D eigenvalue weighted by molar-refractivity contribution is 6.21. The first-order valence-corrected chi connectivity index (χ1v) is 11.4. The lowest BCUT2D eigenvalue weighted by Gasteiger charge is -2.24. The van der Waals surface area contributed by atoms with E-state index >= 15 is 0 Å². The van der Waals surface area contributed by atoms with Crippen LogP contribution in [-0.4, -0.2) is 41.1 Å². The molecule has 0 fully saturated rings. The number of hydrogen-bond acceptors (Lipinski definition) is 5. The lowest BCUT2D eigenvalue weighted by atomic mass is 10.1. The number of nitrogens with zero attached hydrogens (tertiary/aromatic N) is 1. The molecule has 0 aromatic heterocycles. The van der Waals surface area contributed by atoms with Crippen LogP contribution in [0.15, 0.2) is 42.5 Å². The van der Waals surface area contributed by atoms with Crippen LogP contribution in [0.3, 0.4) is 0 Å². The predicted molar refractivity (Wildman–Crippen MR) is 125 cm³/mol. The predicted octanol–water partition coefficient (Wildman–Crippen LogP) is 5.26. The molecular formula is C26H31FN2O5. The average molecular weight is 471 g/mol. The molecule has 1 aliphatic rings. The molecule has 3 rings (SSSR count). The SMILES string of the molecule is CC(NC(=O)OC(C)(C)C)c1cc(F)ccc1OCCCC(C)N1C(=O)c2ccccc2C1=O. The maximum absolute atomic E-state index is 13.9. The van der Waals surface area contributed by atoms with Gasteiger partial charge in [0.05, 0.1) is 23.8 Å². The van der Waals surface area contributed by atoms with Crippen molar-refractivity contribution in [2.24, 2.45) is 0 Å². The van der Waals surface area contributed by atoms with E-state index in [1.54, 1.807) is 52.0 Å². The van der Waals surface area contributed by atoms with Gasteiger partial charge in [-0.1, -0.05) is 12.1 Å². The lowest BCUT2D eigenvalue weighted by molar-refractivity contribution is 0.0504. The van der Waals surface area contributed by atoms with Crippen molar-refractivity contribution >= 4 is 17.9 Å². The number of hydrogen-bond donors (Lipinski definition) is 1. The molecule has 1 N–H and O–H groups in total. The Morgan fingerprint density at radius 3 is 2.26 bits per heavy atom. The van der Waals surface area contributed by atoms with Crippen LogP contribution in [0.1, 0.15) is 79.8 Å². The first-order valence-electron chi connectivity index (χ1n) is 11.4. The van der Waals surface area contributed by atoms with Crippen LogP contribution in [0.2, 0.25) is 0 Å². The van der Waals surface area contributed by atoms with Gasteiger partial charge >= 0.3 is 6.09 Å². The summed E-state index contributed by atoms with van der Waals surface area (Å²) >= 11 is 0. The Morgan fingerprint density at radius 1 is 1.06 bits per heavy atom. The van der Waals surface area contributed by atoms with E-state index in [9.17, 15) is 18.8 Å². The molecule has 0 aliphatic carbocycles. The zero-order valence-corrected chi connectivity index (χ0v) is 20.2. The van der Waals surface area contributed by atoms with E-state index in [0.717, 1.165) is 0 Å². The summed E-state index contributed by atoms with van der Waals surface area (Å²) < 4.78 is 25.0. The summed E-state index contributed by atoms with van der Waals surface area (Å²) in [6.45, 7) is 9.13. The van der Waals surface area contributed by atoms with E-state index in [4.69, 9.17) is 9.47 Å². The number of alkyl carbamates (subject to hydrolysis) is 1. The summed E-state index contributed by atoms with van der Waals surface area (Å²) in [4.78, 5) is 38.6. The minimum Gasteiger partial charge on any atom is -0.493 e. The standard InChI is InChI=1S/C26H31FN2O5/c1-16(29-23(30)19-10-6-7-11-20(19)24(29)31)9-8-14-33-22-13-12-18(27)15-21(22)17(2)28-25(32)34-26(3,4)5/h6-7,10-13,15-17H,8-9,14H2,1-5H3,(H,28,32). The third-order valence-corrected chi connectivity index (χ3v) is 5.46. The van der Waals surface area contributed by atoms with E-state index in [1.165, 1.54) is 23.1 Å². The molecule has 0 spiro atoms. The van der Waals surface area contributed by atoms with Crippen LogP contribution < -0.4 is 10.1 Å². The fraction of sp³-hybridized carbons (Fsp3) is 0.423. The molecule has 2 unspecified atom stereocenters. The largest absolute Gasteiger partial charge is 0.493 e. The number of nitrogens with one attached hydrogen (secondary N) is 1. The molecular weight excluding hydrogens is 439 g/mol. The third kappa shape index (κ3) is 5.92. The molecule has 7 nitrogen and oxygen atoms in total. The van der Waals surface area contributed by atoms with E-state index in [1.807, 2.05) is 6.92 Å². The van der Waals surface area contributed by atoms with Gasteiger partial charge in [0.15, 0.2) is 0 Å². The van der Waals surface area contributed by atoms with E-state index in [-0.39, 0.29) is 17.9 Å². The number of carbonyl (C=O) groups excluding carboxylic acids is 3. The zero-order valence-electron chi connectivity index (χ0n) is 20.2. The smallest absolute Gasteiger partial charge is 0.408 e. The number of fused-ring (bicyclic) bond motifs is 1. The summed E-state index contributed by atoms with van der Waals surface area (Å²) in [6.07, 6.45) is 0.512. The quantitative estimate of drug-likeness (QED) is 0.420. The molecule has 2 aromatic rings. The first kappa shape index (κ1) is 25.2. The third-order valence-electron chi connectivity index (χ3n) is 5.46. The highest BCUT2D eigenvalue weighted by atomic mass is 19.1. The van der Waals surface area contributed by atoms with Crippen LogP contribution in [0.4, 0.5) is 9.18 Å². The number of ether oxygens (including phenoxy) is 2. The number of benzene rings is 2. The van der Waals surface area contributed by atoms with Gasteiger partial charge in [-0.15, -0.1) is 0 Å². The first-order chi connectivity index (χ1) is 16.0. The van der Waals surface area contributed by atoms with Crippen molar-refractivity contribution in [1.29, 1.82) is 0 Å². The van der Waals surface area contributed by atoms with Crippen molar-refractivity contribution in [2.75, 3.05) is 6.61 Å². The van der Waals surface area contributed by atoms with Gasteiger partial charge in [0, 0.05) is 11.6 Å². The summed E-state index contributed by atoms with van der Waals surface area (Å²) in [5, 5.41) is 2.70. The summed E-state index contributed by atoms with van der Waals surface area (Å²) in [7, 11) is 0. The van der Waals surface area contributed by atoms with Gasteiger partial charge in [0.1, 0.15) is 17.2 Å². The second-order valence-electron chi connectivity index (χ2n) is 9.42. The molecule has 0 saturated carbocycles. The van der Waals surface area contributed by atoms with Crippen molar-refractivity contribution in [3.63, 3.8) is 0 Å². The second-order valence-corrected chi connectivity index (χ2v) is 9.42. The molecule has 1 aliphatic heterocycles. The van der Waals surface area contributed by atoms with Gasteiger partial charge in [0.25, 0.3) is 11.8 Å². The normalized spacial score (nSPS) is 15.1. The van der Waals surface area contributed by atoms with Crippen molar-refractivity contribution in [1.82, 2.24) is 10.2 Å². The van der Waals surface area contributed by atoms with Crippen LogP contribution in [0.5, 0.6) is 5.75 Å². The van der Waals surface area contributed by atoms with Gasteiger partial charge in [-0.05, 0) is 77.8 Å². The molecule has 2 atom stereocenters. The monoisotopic (exact) mass is 470 g/mol. The van der Waals surface area contributed by atoms with Crippen LogP contribution >= 0.6 is 0 Å². The lowest BCUT2D eigenvalue weighted by Crippen LogP contribution is -2.38. The maximum Gasteiger partial charge on any atom is 0.408 e. The van der Waals surface area contributed by atoms with Crippen molar-refractivity contribution in [3.8, 4) is 5.75 Å². The number of amides is 3. The molecule has 0 bridgehead atoms. The topological polar surface area (TPSA) is 84.9 Å². The molecule has 8 heteroatoms. The Kier molecular flexibility index (Phi) is 7.59. The molecule has 182 valence electrons. The van der Waals surface area contributed by atoms with E-state index in [2.05, 4.69) is 5.32 Å². The van der Waals surface area contributed by atoms with Crippen molar-refractivity contribution < 1.29 is 28.2 Å². The molecule has 1 heterocycles. The average Bonchev–Trinajstić information content (AvgIpc) is 3.01. The highest BCUT2D eigenvalue weighted by Gasteiger charge is 2.37. The van der Waals surface area contributed by atoms with Gasteiger partial charge in [-0.25, -0.2) is 9.18 Å². The molecule has 34 heavy (non-hydrogen) atoms. The summed E-state index contributed by atoms with van der Waals surface area (Å²) in [5.74, 6) is -0.563. The number of halogens is 1. The second kappa shape index (κ2) is 10.2. The fourth-order valence-electron chi connectivity index (χ4n) is 3.85. The van der Waals surface area contributed by atoms with Gasteiger partial charge in [-0.2, -0.15) is 0 Å². The number of rotatable bonds is 8. The van der Waals surface area contributed by atoms with Crippen LogP contribution in [0.25, 0.3) is 0 Å².